The number of nitrogens with zero attached hydrogens (tertiary/aromatic N) is 2. The first kappa shape index (κ1) is 18.3. The second-order valence-corrected chi connectivity index (χ2v) is 8.92. The molecule has 2 nitrogen and oxygen atoms in total. The van der Waals surface area contributed by atoms with E-state index in [-0.39, 0.29) is 0 Å². The van der Waals surface area contributed by atoms with E-state index < -0.39 is 0 Å². The first-order chi connectivity index (χ1) is 10.4. The van der Waals surface area contributed by atoms with E-state index in [2.05, 4.69) is 51.6 Å². The van der Waals surface area contributed by atoms with Gasteiger partial charge in [0.2, 0.25) is 0 Å². The molecule has 0 aromatic carbocycles. The summed E-state index contributed by atoms with van der Waals surface area (Å²) in [6, 6.07) is 0. The molecule has 0 aromatic rings. The molecule has 0 bridgehead atoms. The van der Waals surface area contributed by atoms with Crippen LogP contribution in [0.1, 0.15) is 66.2 Å². The normalized spacial score (nSPS) is 30.5. The summed E-state index contributed by atoms with van der Waals surface area (Å²) in [7, 11) is 4.57. The minimum atomic E-state index is 0.505. The zero-order valence-electron chi connectivity index (χ0n) is 16.1. The molecule has 2 heteroatoms. The topological polar surface area (TPSA) is 6.48 Å². The molecule has 2 saturated carbocycles. The Balaban J connectivity index is 2.04. The van der Waals surface area contributed by atoms with Gasteiger partial charge in [0, 0.05) is 6.54 Å². The molecular weight excluding hydrogens is 268 g/mol. The van der Waals surface area contributed by atoms with Gasteiger partial charge in [0.1, 0.15) is 0 Å². The molecular formula is C20H40N2. The van der Waals surface area contributed by atoms with Crippen LogP contribution in [0.25, 0.3) is 0 Å². The quantitative estimate of drug-likeness (QED) is 0.599. The van der Waals surface area contributed by atoms with Crippen molar-refractivity contribution in [1.29, 1.82) is 0 Å². The summed E-state index contributed by atoms with van der Waals surface area (Å²) in [5, 5.41) is 0. The van der Waals surface area contributed by atoms with Crippen LogP contribution in [0.2, 0.25) is 0 Å². The molecule has 0 aromatic heterocycles. The lowest BCUT2D eigenvalue weighted by Gasteiger charge is -2.48. The number of hydrogen-bond acceptors (Lipinski definition) is 2. The molecule has 2 aliphatic carbocycles. The van der Waals surface area contributed by atoms with E-state index in [0.29, 0.717) is 5.41 Å². The van der Waals surface area contributed by atoms with E-state index in [9.17, 15) is 0 Å². The molecule has 0 spiro atoms. The van der Waals surface area contributed by atoms with E-state index in [0.717, 1.165) is 36.9 Å². The van der Waals surface area contributed by atoms with Crippen LogP contribution in [0.5, 0.6) is 0 Å². The van der Waals surface area contributed by atoms with Gasteiger partial charge in [0.05, 0.1) is 6.67 Å². The molecule has 0 saturated heterocycles. The first-order valence-electron chi connectivity index (χ1n) is 9.73. The molecule has 22 heavy (non-hydrogen) atoms. The Bertz CT molecular complexity index is 331. The summed E-state index contributed by atoms with van der Waals surface area (Å²) < 4.78 is 0. The molecule has 0 amide bonds. The maximum absolute atomic E-state index is 2.62. The van der Waals surface area contributed by atoms with Crippen molar-refractivity contribution in [1.82, 2.24) is 9.80 Å². The van der Waals surface area contributed by atoms with Crippen LogP contribution < -0.4 is 0 Å². The van der Waals surface area contributed by atoms with E-state index in [1.54, 1.807) is 0 Å². The summed E-state index contributed by atoms with van der Waals surface area (Å²) in [5.74, 6) is 3.80. The van der Waals surface area contributed by atoms with Gasteiger partial charge >= 0.3 is 0 Å². The molecule has 2 rings (SSSR count). The summed E-state index contributed by atoms with van der Waals surface area (Å²) in [6.07, 6.45) is 8.81. The van der Waals surface area contributed by atoms with Gasteiger partial charge in [-0.05, 0) is 75.4 Å². The molecule has 130 valence electrons. The van der Waals surface area contributed by atoms with Crippen molar-refractivity contribution in [2.45, 2.75) is 66.2 Å². The van der Waals surface area contributed by atoms with Crippen molar-refractivity contribution >= 4 is 0 Å². The lowest BCUT2D eigenvalue weighted by atomic mass is 9.61. The Morgan fingerprint density at radius 3 is 2.09 bits per heavy atom. The summed E-state index contributed by atoms with van der Waals surface area (Å²) in [4.78, 5) is 5.01. The third kappa shape index (κ3) is 4.47. The third-order valence-corrected chi connectivity index (χ3v) is 6.95. The average molecular weight is 309 g/mol. The second kappa shape index (κ2) is 7.66. The van der Waals surface area contributed by atoms with Gasteiger partial charge in [-0.25, -0.2) is 0 Å². The fourth-order valence-electron chi connectivity index (χ4n) is 4.84. The van der Waals surface area contributed by atoms with Crippen LogP contribution >= 0.6 is 0 Å². The number of hydrogen-bond donors (Lipinski definition) is 0. The monoisotopic (exact) mass is 308 g/mol. The van der Waals surface area contributed by atoms with Crippen molar-refractivity contribution in [3.8, 4) is 0 Å². The fraction of sp³-hybridized carbons (Fsp3) is 1.00. The van der Waals surface area contributed by atoms with E-state index in [1.807, 2.05) is 0 Å². The van der Waals surface area contributed by atoms with Crippen molar-refractivity contribution in [2.24, 2.45) is 29.1 Å². The van der Waals surface area contributed by atoms with Gasteiger partial charge in [-0.15, -0.1) is 0 Å². The molecule has 2 fully saturated rings. The van der Waals surface area contributed by atoms with E-state index >= 15 is 0 Å². The molecule has 0 N–H and O–H groups in total. The third-order valence-electron chi connectivity index (χ3n) is 6.95. The zero-order valence-corrected chi connectivity index (χ0v) is 16.1. The highest BCUT2D eigenvalue weighted by atomic mass is 15.3. The van der Waals surface area contributed by atoms with Crippen LogP contribution in [-0.2, 0) is 0 Å². The largest absolute Gasteiger partial charge is 0.294 e. The summed E-state index contributed by atoms with van der Waals surface area (Å²) in [6.45, 7) is 13.4. The van der Waals surface area contributed by atoms with Crippen molar-refractivity contribution in [3.05, 3.63) is 0 Å². The maximum Gasteiger partial charge on any atom is 0.0500 e. The zero-order chi connectivity index (χ0) is 16.3. The van der Waals surface area contributed by atoms with Gasteiger partial charge < -0.3 is 0 Å². The Morgan fingerprint density at radius 2 is 1.59 bits per heavy atom. The minimum absolute atomic E-state index is 0.505. The lowest BCUT2D eigenvalue weighted by Crippen LogP contribution is -2.47. The Labute approximate surface area is 139 Å². The van der Waals surface area contributed by atoms with Gasteiger partial charge in [0.25, 0.3) is 0 Å². The molecule has 0 aliphatic heterocycles. The lowest BCUT2D eigenvalue weighted by molar-refractivity contribution is 0.00729. The van der Waals surface area contributed by atoms with Crippen LogP contribution in [0.4, 0.5) is 0 Å². The van der Waals surface area contributed by atoms with Gasteiger partial charge in [-0.3, -0.25) is 9.80 Å². The Morgan fingerprint density at radius 1 is 1.00 bits per heavy atom. The molecule has 0 heterocycles. The van der Waals surface area contributed by atoms with Crippen LogP contribution in [-0.4, -0.2) is 43.7 Å². The predicted octanol–water partition coefficient (Wildman–Crippen LogP) is 4.71. The molecule has 2 unspecified atom stereocenters. The van der Waals surface area contributed by atoms with Crippen LogP contribution in [0.15, 0.2) is 0 Å². The smallest absolute Gasteiger partial charge is 0.0500 e. The Kier molecular flexibility index (Phi) is 6.36. The molecule has 2 aliphatic rings. The molecule has 0 radical (unpaired) electrons. The van der Waals surface area contributed by atoms with Crippen molar-refractivity contribution < 1.29 is 0 Å². The summed E-state index contributed by atoms with van der Waals surface area (Å²) >= 11 is 0. The highest BCUT2D eigenvalue weighted by molar-refractivity contribution is 4.96. The van der Waals surface area contributed by atoms with Crippen LogP contribution in [0, 0.1) is 29.1 Å². The highest BCUT2D eigenvalue weighted by Gasteiger charge is 2.46. The standard InChI is InChI=1S/C20H40N2/c1-7-21(5)15-22(6)14-20(4,17(3)18-10-11-18)19-12-8-16(2)9-13-19/h16-19H,7-15H2,1-6H3. The Hall–Kier alpha value is -0.0800. The van der Waals surface area contributed by atoms with Gasteiger partial charge in [-0.1, -0.05) is 40.5 Å². The van der Waals surface area contributed by atoms with Crippen molar-refractivity contribution in [2.75, 3.05) is 33.9 Å². The van der Waals surface area contributed by atoms with E-state index in [4.69, 9.17) is 0 Å². The number of rotatable bonds is 8. The average Bonchev–Trinajstić information content (AvgIpc) is 3.31. The summed E-state index contributed by atoms with van der Waals surface area (Å²) in [5.41, 5.74) is 0.505. The molecule has 2 atom stereocenters. The van der Waals surface area contributed by atoms with Crippen LogP contribution in [0.3, 0.4) is 0 Å². The maximum atomic E-state index is 2.62. The highest BCUT2D eigenvalue weighted by Crippen LogP contribution is 2.52. The SMILES string of the molecule is CCN(C)CN(C)CC(C)(C1CCC(C)CC1)C(C)C1CC1. The predicted molar refractivity (Wildman–Crippen MR) is 96.9 cm³/mol. The van der Waals surface area contributed by atoms with Crippen molar-refractivity contribution in [3.63, 3.8) is 0 Å². The minimum Gasteiger partial charge on any atom is -0.294 e. The van der Waals surface area contributed by atoms with E-state index in [1.165, 1.54) is 45.1 Å². The second-order valence-electron chi connectivity index (χ2n) is 8.92. The first-order valence-corrected chi connectivity index (χ1v) is 9.73. The fourth-order valence-corrected chi connectivity index (χ4v) is 4.84. The van der Waals surface area contributed by atoms with Gasteiger partial charge in [0.15, 0.2) is 0 Å². The van der Waals surface area contributed by atoms with Gasteiger partial charge in [-0.2, -0.15) is 0 Å².